The molecule has 0 bridgehead atoms. The number of nitrogens with two attached hydrogens (primary N) is 1. The third-order valence-electron chi connectivity index (χ3n) is 2.05. The first kappa shape index (κ1) is 14.5. The fourth-order valence-corrected chi connectivity index (χ4v) is 1.32. The Bertz CT molecular complexity index is 314. The maximum Gasteiger partial charge on any atom is 0.160 e. The van der Waals surface area contributed by atoms with Gasteiger partial charge < -0.3 is 10.5 Å². The van der Waals surface area contributed by atoms with Crippen molar-refractivity contribution in [2.24, 2.45) is 15.8 Å². The van der Waals surface area contributed by atoms with Gasteiger partial charge >= 0.3 is 0 Å². The van der Waals surface area contributed by atoms with Crippen LogP contribution in [-0.4, -0.2) is 37.3 Å². The van der Waals surface area contributed by atoms with Crippen molar-refractivity contribution in [3.8, 4) is 0 Å². The largest absolute Gasteiger partial charge is 0.493 e. The van der Waals surface area contributed by atoms with E-state index < -0.39 is 0 Å². The summed E-state index contributed by atoms with van der Waals surface area (Å²) in [6, 6.07) is 0. The van der Waals surface area contributed by atoms with E-state index in [4.69, 9.17) is 10.5 Å². The summed E-state index contributed by atoms with van der Waals surface area (Å²) in [6.45, 7) is 8.29. The average Bonchev–Trinajstić information content (AvgIpc) is 2.17. The van der Waals surface area contributed by atoms with Gasteiger partial charge in [-0.2, -0.15) is 5.10 Å². The summed E-state index contributed by atoms with van der Waals surface area (Å²) in [4.78, 5) is 4.31. The molecule has 16 heavy (non-hydrogen) atoms. The number of hydrogen-bond donors (Lipinski definition) is 1. The van der Waals surface area contributed by atoms with Gasteiger partial charge in [-0.25, -0.2) is 0 Å². The summed E-state index contributed by atoms with van der Waals surface area (Å²) in [5.41, 5.74) is 7.26. The van der Waals surface area contributed by atoms with Crippen molar-refractivity contribution in [1.29, 1.82) is 0 Å². The molecule has 0 unspecified atom stereocenters. The number of hydrazone groups is 1. The number of ether oxygens (including phenoxy) is 1. The Kier molecular flexibility index (Phi) is 6.22. The highest BCUT2D eigenvalue weighted by molar-refractivity contribution is 5.96. The number of allylic oxidation sites excluding steroid dienone is 2. The van der Waals surface area contributed by atoms with Gasteiger partial charge in [-0.3, -0.25) is 10.0 Å². The Balaban J connectivity index is 5.16. The molecular formula is C11H22N4O. The van der Waals surface area contributed by atoms with Crippen LogP contribution >= 0.6 is 0 Å². The van der Waals surface area contributed by atoms with Crippen LogP contribution in [0, 0.1) is 0 Å². The lowest BCUT2D eigenvalue weighted by molar-refractivity contribution is 0.290. The predicted octanol–water partition coefficient (Wildman–Crippen LogP) is 1.57. The zero-order chi connectivity index (χ0) is 12.7. The minimum absolute atomic E-state index is 0.502. The maximum atomic E-state index is 5.52. The Hall–Kier alpha value is -1.52. The number of aliphatic imine (C=N–C) groups is 1. The van der Waals surface area contributed by atoms with Crippen LogP contribution in [0.4, 0.5) is 0 Å². The fourth-order valence-electron chi connectivity index (χ4n) is 1.32. The number of hydrogen-bond acceptors (Lipinski definition) is 4. The Morgan fingerprint density at radius 2 is 1.88 bits per heavy atom. The second kappa shape index (κ2) is 6.87. The van der Waals surface area contributed by atoms with E-state index in [1.165, 1.54) is 0 Å². The highest BCUT2D eigenvalue weighted by Crippen LogP contribution is 2.11. The number of methoxy groups -OCH3 is 1. The molecule has 0 aromatic heterocycles. The zero-order valence-electron chi connectivity index (χ0n) is 11.0. The quantitative estimate of drug-likeness (QED) is 0.335. The third kappa shape index (κ3) is 4.33. The van der Waals surface area contributed by atoms with Crippen LogP contribution in [-0.2, 0) is 4.74 Å². The summed E-state index contributed by atoms with van der Waals surface area (Å²) < 4.78 is 5.33. The van der Waals surface area contributed by atoms with Crippen molar-refractivity contribution >= 4 is 11.5 Å². The standard InChI is InChI=1S/C11H22N4O/c1-7-13-8(2)11(16-6)9(3)15(5)14-10(4)12/h7H2,1-6H3,(H2,12,14)/b11-9+,13-8?. The molecule has 0 spiro atoms. The molecule has 0 aliphatic heterocycles. The molecular weight excluding hydrogens is 204 g/mol. The summed E-state index contributed by atoms with van der Waals surface area (Å²) in [6.07, 6.45) is 0. The van der Waals surface area contributed by atoms with E-state index in [1.54, 1.807) is 19.0 Å². The van der Waals surface area contributed by atoms with Gasteiger partial charge in [0, 0.05) is 13.6 Å². The minimum atomic E-state index is 0.502. The predicted molar refractivity (Wildman–Crippen MR) is 68.4 cm³/mol. The first-order valence-electron chi connectivity index (χ1n) is 5.24. The Morgan fingerprint density at radius 1 is 1.31 bits per heavy atom. The molecule has 0 aliphatic rings. The highest BCUT2D eigenvalue weighted by atomic mass is 16.5. The van der Waals surface area contributed by atoms with Crippen LogP contribution in [0.2, 0.25) is 0 Å². The molecule has 0 heterocycles. The topological polar surface area (TPSA) is 63.2 Å². The lowest BCUT2D eigenvalue weighted by atomic mass is 10.3. The maximum absolute atomic E-state index is 5.52. The SMILES string of the molecule is CCN=C(C)/C(OC)=C(/C)N(C)/N=C(/C)N. The van der Waals surface area contributed by atoms with E-state index in [2.05, 4.69) is 10.1 Å². The second-order valence-corrected chi connectivity index (χ2v) is 3.44. The molecule has 0 saturated heterocycles. The van der Waals surface area contributed by atoms with Crippen LogP contribution in [0.15, 0.2) is 21.6 Å². The number of rotatable bonds is 5. The molecule has 0 aliphatic carbocycles. The van der Waals surface area contributed by atoms with Gasteiger partial charge in [-0.05, 0) is 27.7 Å². The van der Waals surface area contributed by atoms with E-state index >= 15 is 0 Å². The fraction of sp³-hybridized carbons (Fsp3) is 0.636. The van der Waals surface area contributed by atoms with Gasteiger partial charge in [0.25, 0.3) is 0 Å². The van der Waals surface area contributed by atoms with Crippen LogP contribution in [0.1, 0.15) is 27.7 Å². The van der Waals surface area contributed by atoms with Gasteiger partial charge in [0.15, 0.2) is 5.76 Å². The summed E-state index contributed by atoms with van der Waals surface area (Å²) in [7, 11) is 3.45. The molecule has 0 rings (SSSR count). The van der Waals surface area contributed by atoms with Crippen molar-refractivity contribution < 1.29 is 4.74 Å². The molecule has 2 N–H and O–H groups in total. The molecule has 0 amide bonds. The van der Waals surface area contributed by atoms with Crippen LogP contribution < -0.4 is 5.73 Å². The first-order valence-corrected chi connectivity index (χ1v) is 5.24. The molecule has 0 fully saturated rings. The molecule has 0 saturated carbocycles. The zero-order valence-corrected chi connectivity index (χ0v) is 11.0. The summed E-state index contributed by atoms with van der Waals surface area (Å²) in [5, 5.41) is 5.81. The van der Waals surface area contributed by atoms with Gasteiger partial charge in [-0.15, -0.1) is 0 Å². The van der Waals surface area contributed by atoms with Crippen LogP contribution in [0.25, 0.3) is 0 Å². The number of amidine groups is 1. The average molecular weight is 226 g/mol. The van der Waals surface area contributed by atoms with E-state index in [0.717, 1.165) is 23.7 Å². The van der Waals surface area contributed by atoms with Gasteiger partial charge in [0.05, 0.1) is 18.5 Å². The normalized spacial score (nSPS) is 14.6. The highest BCUT2D eigenvalue weighted by Gasteiger charge is 2.10. The summed E-state index contributed by atoms with van der Waals surface area (Å²) >= 11 is 0. The molecule has 0 atom stereocenters. The lowest BCUT2D eigenvalue weighted by Gasteiger charge is -2.18. The molecule has 5 nitrogen and oxygen atoms in total. The van der Waals surface area contributed by atoms with E-state index in [-0.39, 0.29) is 0 Å². The monoisotopic (exact) mass is 226 g/mol. The van der Waals surface area contributed by atoms with E-state index in [1.807, 2.05) is 27.8 Å². The second-order valence-electron chi connectivity index (χ2n) is 3.44. The smallest absolute Gasteiger partial charge is 0.160 e. The first-order chi connectivity index (χ1) is 7.43. The van der Waals surface area contributed by atoms with E-state index in [0.29, 0.717) is 5.84 Å². The Morgan fingerprint density at radius 3 is 2.25 bits per heavy atom. The minimum Gasteiger partial charge on any atom is -0.493 e. The molecule has 5 heteroatoms. The lowest BCUT2D eigenvalue weighted by Crippen LogP contribution is -2.19. The van der Waals surface area contributed by atoms with Crippen molar-refractivity contribution in [3.05, 3.63) is 11.5 Å². The van der Waals surface area contributed by atoms with Gasteiger partial charge in [0.2, 0.25) is 0 Å². The van der Waals surface area contributed by atoms with Crippen molar-refractivity contribution in [2.75, 3.05) is 20.7 Å². The van der Waals surface area contributed by atoms with Gasteiger partial charge in [-0.1, -0.05) is 0 Å². The van der Waals surface area contributed by atoms with Crippen LogP contribution in [0.5, 0.6) is 0 Å². The van der Waals surface area contributed by atoms with Gasteiger partial charge in [0.1, 0.15) is 5.84 Å². The molecule has 0 aromatic rings. The molecule has 0 aromatic carbocycles. The molecule has 92 valence electrons. The van der Waals surface area contributed by atoms with Crippen molar-refractivity contribution in [1.82, 2.24) is 5.01 Å². The van der Waals surface area contributed by atoms with Crippen molar-refractivity contribution in [3.63, 3.8) is 0 Å². The third-order valence-corrected chi connectivity index (χ3v) is 2.05. The molecule has 0 radical (unpaired) electrons. The van der Waals surface area contributed by atoms with Crippen LogP contribution in [0.3, 0.4) is 0 Å². The Labute approximate surface area is 97.7 Å². The number of nitrogens with zero attached hydrogens (tertiary/aromatic N) is 3. The van der Waals surface area contributed by atoms with E-state index in [9.17, 15) is 0 Å². The van der Waals surface area contributed by atoms with Crippen molar-refractivity contribution in [2.45, 2.75) is 27.7 Å². The summed E-state index contributed by atoms with van der Waals surface area (Å²) in [5.74, 6) is 1.23.